The molecule has 120 valence electrons. The molecule has 3 heterocycles. The molecule has 24 heavy (non-hydrogen) atoms. The molecule has 7 nitrogen and oxygen atoms in total. The van der Waals surface area contributed by atoms with Crippen molar-refractivity contribution in [3.05, 3.63) is 47.9 Å². The summed E-state index contributed by atoms with van der Waals surface area (Å²) >= 11 is 1.53. The number of thiophene rings is 1. The summed E-state index contributed by atoms with van der Waals surface area (Å²) in [5.74, 6) is 2.15. The van der Waals surface area contributed by atoms with Crippen LogP contribution in [0.4, 0.5) is 0 Å². The second-order valence-electron chi connectivity index (χ2n) is 4.85. The molecule has 4 rings (SSSR count). The molecule has 0 radical (unpaired) electrons. The summed E-state index contributed by atoms with van der Waals surface area (Å²) < 4.78 is 16.1. The fourth-order valence-corrected chi connectivity index (χ4v) is 2.91. The minimum Gasteiger partial charge on any atom is -0.497 e. The highest BCUT2D eigenvalue weighted by molar-refractivity contribution is 7.16. The summed E-state index contributed by atoms with van der Waals surface area (Å²) in [6, 6.07) is 9.35. The van der Waals surface area contributed by atoms with Crippen LogP contribution in [0.25, 0.3) is 21.6 Å². The number of methoxy groups -OCH3 is 1. The first-order valence-electron chi connectivity index (χ1n) is 7.11. The van der Waals surface area contributed by atoms with Crippen molar-refractivity contribution in [3.63, 3.8) is 0 Å². The molecular formula is C16H12N4O3S. The SMILES string of the molecule is COc1ccc(-c2noc(COc3ncnc4sccc34)n2)cc1. The normalized spacial score (nSPS) is 10.9. The second kappa shape index (κ2) is 6.25. The zero-order chi connectivity index (χ0) is 16.4. The molecule has 0 bridgehead atoms. The predicted molar refractivity (Wildman–Crippen MR) is 88.0 cm³/mol. The fourth-order valence-electron chi connectivity index (χ4n) is 2.18. The van der Waals surface area contributed by atoms with Crippen molar-refractivity contribution >= 4 is 21.6 Å². The van der Waals surface area contributed by atoms with E-state index in [2.05, 4.69) is 20.1 Å². The first-order valence-corrected chi connectivity index (χ1v) is 7.99. The Morgan fingerprint density at radius 1 is 1.12 bits per heavy atom. The standard InChI is InChI=1S/C16H12N4O3S/c1-21-11-4-2-10(3-5-11)14-19-13(23-20-14)8-22-15-12-6-7-24-16(12)18-9-17-15/h2-7,9H,8H2,1H3. The van der Waals surface area contributed by atoms with E-state index in [1.807, 2.05) is 35.7 Å². The first kappa shape index (κ1) is 14.6. The molecule has 4 aromatic rings. The number of hydrogen-bond donors (Lipinski definition) is 0. The van der Waals surface area contributed by atoms with Gasteiger partial charge in [0.15, 0.2) is 6.61 Å². The lowest BCUT2D eigenvalue weighted by molar-refractivity contribution is 0.238. The van der Waals surface area contributed by atoms with Crippen LogP contribution >= 0.6 is 11.3 Å². The van der Waals surface area contributed by atoms with E-state index in [9.17, 15) is 0 Å². The Morgan fingerprint density at radius 2 is 2.00 bits per heavy atom. The molecule has 0 fully saturated rings. The summed E-state index contributed by atoms with van der Waals surface area (Å²) in [6.07, 6.45) is 1.48. The van der Waals surface area contributed by atoms with Gasteiger partial charge in [0.1, 0.15) is 16.9 Å². The van der Waals surface area contributed by atoms with E-state index in [0.29, 0.717) is 17.6 Å². The van der Waals surface area contributed by atoms with Crippen LogP contribution in [-0.4, -0.2) is 27.2 Å². The quantitative estimate of drug-likeness (QED) is 0.551. The van der Waals surface area contributed by atoms with Crippen LogP contribution in [0.3, 0.4) is 0 Å². The molecule has 0 N–H and O–H groups in total. The number of fused-ring (bicyclic) bond motifs is 1. The summed E-state index contributed by atoms with van der Waals surface area (Å²) in [5.41, 5.74) is 0.841. The van der Waals surface area contributed by atoms with Crippen molar-refractivity contribution in [1.29, 1.82) is 0 Å². The van der Waals surface area contributed by atoms with Gasteiger partial charge >= 0.3 is 0 Å². The number of benzene rings is 1. The highest BCUT2D eigenvalue weighted by Gasteiger charge is 2.11. The van der Waals surface area contributed by atoms with Crippen LogP contribution in [0.1, 0.15) is 5.89 Å². The Balaban J connectivity index is 1.50. The highest BCUT2D eigenvalue weighted by atomic mass is 32.1. The molecule has 3 aromatic heterocycles. The smallest absolute Gasteiger partial charge is 0.264 e. The Labute approximate surface area is 140 Å². The topological polar surface area (TPSA) is 83.2 Å². The maximum Gasteiger partial charge on any atom is 0.264 e. The average Bonchev–Trinajstić information content (AvgIpc) is 3.29. The van der Waals surface area contributed by atoms with Gasteiger partial charge in [-0.15, -0.1) is 11.3 Å². The molecule has 0 aliphatic heterocycles. The maximum absolute atomic E-state index is 5.69. The monoisotopic (exact) mass is 340 g/mol. The molecule has 8 heteroatoms. The Kier molecular flexibility index (Phi) is 3.80. The molecule has 0 unspecified atom stereocenters. The van der Waals surface area contributed by atoms with Gasteiger partial charge in [-0.2, -0.15) is 4.98 Å². The van der Waals surface area contributed by atoms with E-state index in [-0.39, 0.29) is 6.61 Å². The van der Waals surface area contributed by atoms with Crippen molar-refractivity contribution in [2.75, 3.05) is 7.11 Å². The van der Waals surface area contributed by atoms with E-state index < -0.39 is 0 Å². The predicted octanol–water partition coefficient (Wildman–Crippen LogP) is 3.33. The maximum atomic E-state index is 5.69. The Morgan fingerprint density at radius 3 is 2.83 bits per heavy atom. The molecule has 0 saturated carbocycles. The number of nitrogens with zero attached hydrogens (tertiary/aromatic N) is 4. The molecule has 0 aliphatic rings. The molecule has 1 aromatic carbocycles. The van der Waals surface area contributed by atoms with Crippen LogP contribution in [0.2, 0.25) is 0 Å². The van der Waals surface area contributed by atoms with Gasteiger partial charge in [0, 0.05) is 5.56 Å². The van der Waals surface area contributed by atoms with Crippen LogP contribution in [0, 0.1) is 0 Å². The third-order valence-corrected chi connectivity index (χ3v) is 4.19. The van der Waals surface area contributed by atoms with Gasteiger partial charge in [0.25, 0.3) is 5.89 Å². The van der Waals surface area contributed by atoms with Gasteiger partial charge in [-0.05, 0) is 35.7 Å². The highest BCUT2D eigenvalue weighted by Crippen LogP contribution is 2.26. The minimum atomic E-state index is 0.144. The third kappa shape index (κ3) is 2.79. The molecule has 0 saturated heterocycles. The summed E-state index contributed by atoms with van der Waals surface area (Å²) in [7, 11) is 1.62. The zero-order valence-electron chi connectivity index (χ0n) is 12.7. The van der Waals surface area contributed by atoms with Crippen molar-refractivity contribution < 1.29 is 14.0 Å². The van der Waals surface area contributed by atoms with Gasteiger partial charge < -0.3 is 14.0 Å². The van der Waals surface area contributed by atoms with Crippen molar-refractivity contribution in [3.8, 4) is 23.0 Å². The number of rotatable bonds is 5. The van der Waals surface area contributed by atoms with Crippen LogP contribution < -0.4 is 9.47 Å². The van der Waals surface area contributed by atoms with E-state index in [4.69, 9.17) is 14.0 Å². The van der Waals surface area contributed by atoms with E-state index >= 15 is 0 Å². The molecular weight excluding hydrogens is 328 g/mol. The largest absolute Gasteiger partial charge is 0.497 e. The van der Waals surface area contributed by atoms with Crippen LogP contribution in [0.5, 0.6) is 11.6 Å². The molecule has 0 amide bonds. The summed E-state index contributed by atoms with van der Waals surface area (Å²) in [5, 5.41) is 6.79. The summed E-state index contributed by atoms with van der Waals surface area (Å²) in [6.45, 7) is 0.144. The first-order chi connectivity index (χ1) is 11.8. The van der Waals surface area contributed by atoms with Gasteiger partial charge in [0.2, 0.25) is 11.7 Å². The lowest BCUT2D eigenvalue weighted by Crippen LogP contribution is -1.98. The van der Waals surface area contributed by atoms with Crippen molar-refractivity contribution in [1.82, 2.24) is 20.1 Å². The second-order valence-corrected chi connectivity index (χ2v) is 5.74. The fraction of sp³-hybridized carbons (Fsp3) is 0.125. The Bertz CT molecular complexity index is 965. The summed E-state index contributed by atoms with van der Waals surface area (Å²) in [4.78, 5) is 13.5. The van der Waals surface area contributed by atoms with E-state index in [1.165, 1.54) is 17.7 Å². The lowest BCUT2D eigenvalue weighted by atomic mass is 10.2. The molecule has 0 spiro atoms. The molecule has 0 atom stereocenters. The number of ether oxygens (including phenoxy) is 2. The van der Waals surface area contributed by atoms with E-state index in [1.54, 1.807) is 7.11 Å². The van der Waals surface area contributed by atoms with Gasteiger partial charge in [-0.3, -0.25) is 0 Å². The van der Waals surface area contributed by atoms with Gasteiger partial charge in [-0.25, -0.2) is 9.97 Å². The lowest BCUT2D eigenvalue weighted by Gasteiger charge is -2.02. The molecule has 0 aliphatic carbocycles. The van der Waals surface area contributed by atoms with Gasteiger partial charge in [0.05, 0.1) is 12.5 Å². The van der Waals surface area contributed by atoms with E-state index in [0.717, 1.165) is 21.5 Å². The zero-order valence-corrected chi connectivity index (χ0v) is 13.5. The van der Waals surface area contributed by atoms with Gasteiger partial charge in [-0.1, -0.05) is 5.16 Å². The Hall–Kier alpha value is -3.00. The number of hydrogen-bond acceptors (Lipinski definition) is 8. The number of aromatic nitrogens is 4. The van der Waals surface area contributed by atoms with Crippen molar-refractivity contribution in [2.24, 2.45) is 0 Å². The van der Waals surface area contributed by atoms with Crippen LogP contribution in [-0.2, 0) is 6.61 Å². The third-order valence-electron chi connectivity index (χ3n) is 3.37. The van der Waals surface area contributed by atoms with Crippen molar-refractivity contribution in [2.45, 2.75) is 6.61 Å². The van der Waals surface area contributed by atoms with Crippen LogP contribution in [0.15, 0.2) is 46.6 Å². The average molecular weight is 340 g/mol. The minimum absolute atomic E-state index is 0.144.